The molecule has 1 aliphatic heterocycles. The minimum atomic E-state index is 0.758. The molecule has 1 rings (SSSR count). The Morgan fingerprint density at radius 2 is 2.00 bits per heavy atom. The zero-order valence-corrected chi connectivity index (χ0v) is 11.6. The Hall–Kier alpha value is -0.0800. The van der Waals surface area contributed by atoms with Crippen molar-refractivity contribution >= 4 is 0 Å². The van der Waals surface area contributed by atoms with Crippen LogP contribution in [0.5, 0.6) is 0 Å². The molecule has 0 aliphatic carbocycles. The fourth-order valence-electron chi connectivity index (χ4n) is 2.56. The average Bonchev–Trinajstić information content (AvgIpc) is 2.73. The number of likely N-dealkylation sites (tertiary alicyclic amines) is 1. The summed E-state index contributed by atoms with van der Waals surface area (Å²) in [6.07, 6.45) is 3.95. The predicted molar refractivity (Wildman–Crippen MR) is 71.8 cm³/mol. The Bertz CT molecular complexity index is 180. The minimum absolute atomic E-state index is 0.758. The third-order valence-electron chi connectivity index (χ3n) is 3.99. The molecule has 16 heavy (non-hydrogen) atoms. The Labute approximate surface area is 102 Å². The second kappa shape index (κ2) is 7.29. The second-order valence-corrected chi connectivity index (χ2v) is 5.68. The highest BCUT2D eigenvalue weighted by atomic mass is 15.2. The van der Waals surface area contributed by atoms with Crippen molar-refractivity contribution in [3.8, 4) is 0 Å². The number of hydrogen-bond donors (Lipinski definition) is 1. The summed E-state index contributed by atoms with van der Waals surface area (Å²) in [7, 11) is 0. The van der Waals surface area contributed by atoms with Crippen molar-refractivity contribution in [2.45, 2.75) is 53.0 Å². The van der Waals surface area contributed by atoms with Gasteiger partial charge in [-0.15, -0.1) is 0 Å². The summed E-state index contributed by atoms with van der Waals surface area (Å²) in [5, 5.41) is 3.50. The normalized spacial score (nSPS) is 24.2. The van der Waals surface area contributed by atoms with E-state index in [2.05, 4.69) is 37.9 Å². The quantitative estimate of drug-likeness (QED) is 0.672. The SMILES string of the molecule is CCCNCCC(C)N1CCC(C(C)C)C1. The summed E-state index contributed by atoms with van der Waals surface area (Å²) in [5.41, 5.74) is 0. The first-order valence-corrected chi connectivity index (χ1v) is 7.09. The smallest absolute Gasteiger partial charge is 0.00791 e. The third kappa shape index (κ3) is 4.42. The first-order chi connectivity index (χ1) is 7.65. The van der Waals surface area contributed by atoms with E-state index in [0.29, 0.717) is 0 Å². The molecule has 96 valence electrons. The maximum atomic E-state index is 3.50. The van der Waals surface area contributed by atoms with Crippen LogP contribution < -0.4 is 5.32 Å². The molecule has 2 nitrogen and oxygen atoms in total. The van der Waals surface area contributed by atoms with E-state index in [9.17, 15) is 0 Å². The number of nitrogens with zero attached hydrogens (tertiary/aromatic N) is 1. The van der Waals surface area contributed by atoms with E-state index in [4.69, 9.17) is 0 Å². The number of rotatable bonds is 7. The zero-order valence-electron chi connectivity index (χ0n) is 11.6. The van der Waals surface area contributed by atoms with Gasteiger partial charge in [0.2, 0.25) is 0 Å². The average molecular weight is 226 g/mol. The van der Waals surface area contributed by atoms with Gasteiger partial charge in [-0.25, -0.2) is 0 Å². The molecule has 2 heteroatoms. The highest BCUT2D eigenvalue weighted by molar-refractivity contribution is 4.81. The van der Waals surface area contributed by atoms with Crippen LogP contribution >= 0.6 is 0 Å². The van der Waals surface area contributed by atoms with Crippen molar-refractivity contribution < 1.29 is 0 Å². The van der Waals surface area contributed by atoms with Crippen LogP contribution in [0.25, 0.3) is 0 Å². The molecular weight excluding hydrogens is 196 g/mol. The molecule has 2 atom stereocenters. The highest BCUT2D eigenvalue weighted by Crippen LogP contribution is 2.25. The summed E-state index contributed by atoms with van der Waals surface area (Å²) in [6.45, 7) is 14.3. The lowest BCUT2D eigenvalue weighted by Crippen LogP contribution is -2.34. The van der Waals surface area contributed by atoms with E-state index in [1.165, 1.54) is 45.4 Å². The van der Waals surface area contributed by atoms with Crippen molar-refractivity contribution in [1.82, 2.24) is 10.2 Å². The molecule has 1 aliphatic rings. The van der Waals surface area contributed by atoms with E-state index in [-0.39, 0.29) is 0 Å². The third-order valence-corrected chi connectivity index (χ3v) is 3.99. The van der Waals surface area contributed by atoms with Crippen LogP contribution in [0.4, 0.5) is 0 Å². The van der Waals surface area contributed by atoms with Crippen molar-refractivity contribution in [2.24, 2.45) is 11.8 Å². The van der Waals surface area contributed by atoms with Gasteiger partial charge in [0, 0.05) is 12.6 Å². The van der Waals surface area contributed by atoms with Gasteiger partial charge in [0.1, 0.15) is 0 Å². The second-order valence-electron chi connectivity index (χ2n) is 5.68. The molecule has 1 saturated heterocycles. The molecular formula is C14H30N2. The Morgan fingerprint density at radius 3 is 2.56 bits per heavy atom. The van der Waals surface area contributed by atoms with Gasteiger partial charge in [0.05, 0.1) is 0 Å². The Balaban J connectivity index is 2.15. The maximum Gasteiger partial charge on any atom is 0.00791 e. The highest BCUT2D eigenvalue weighted by Gasteiger charge is 2.27. The van der Waals surface area contributed by atoms with Gasteiger partial charge in [0.15, 0.2) is 0 Å². The van der Waals surface area contributed by atoms with Gasteiger partial charge in [0.25, 0.3) is 0 Å². The van der Waals surface area contributed by atoms with Gasteiger partial charge < -0.3 is 10.2 Å². The van der Waals surface area contributed by atoms with Crippen molar-refractivity contribution in [3.05, 3.63) is 0 Å². The molecule has 2 unspecified atom stereocenters. The molecule has 0 bridgehead atoms. The Kier molecular flexibility index (Phi) is 6.37. The molecule has 0 saturated carbocycles. The van der Waals surface area contributed by atoms with Crippen molar-refractivity contribution in [2.75, 3.05) is 26.2 Å². The summed E-state index contributed by atoms with van der Waals surface area (Å²) in [5.74, 6) is 1.79. The van der Waals surface area contributed by atoms with Crippen molar-refractivity contribution in [1.29, 1.82) is 0 Å². The first kappa shape index (κ1) is 14.0. The van der Waals surface area contributed by atoms with Crippen LogP contribution in [0.15, 0.2) is 0 Å². The lowest BCUT2D eigenvalue weighted by atomic mass is 9.95. The van der Waals surface area contributed by atoms with E-state index < -0.39 is 0 Å². The predicted octanol–water partition coefficient (Wildman–Crippen LogP) is 2.74. The molecule has 1 N–H and O–H groups in total. The van der Waals surface area contributed by atoms with E-state index in [1.54, 1.807) is 0 Å². The monoisotopic (exact) mass is 226 g/mol. The van der Waals surface area contributed by atoms with Gasteiger partial charge in [-0.1, -0.05) is 20.8 Å². The molecule has 0 radical (unpaired) electrons. The van der Waals surface area contributed by atoms with Crippen LogP contribution in [0.3, 0.4) is 0 Å². The summed E-state index contributed by atoms with van der Waals surface area (Å²) in [6, 6.07) is 0.758. The fourth-order valence-corrected chi connectivity index (χ4v) is 2.56. The molecule has 0 aromatic carbocycles. The molecule has 0 amide bonds. The largest absolute Gasteiger partial charge is 0.317 e. The summed E-state index contributed by atoms with van der Waals surface area (Å²) >= 11 is 0. The van der Waals surface area contributed by atoms with E-state index in [0.717, 1.165) is 17.9 Å². The molecule has 0 aromatic rings. The summed E-state index contributed by atoms with van der Waals surface area (Å²) < 4.78 is 0. The van der Waals surface area contributed by atoms with Crippen LogP contribution in [0.1, 0.15) is 47.0 Å². The molecule has 0 aromatic heterocycles. The fraction of sp³-hybridized carbons (Fsp3) is 1.00. The lowest BCUT2D eigenvalue weighted by molar-refractivity contribution is 0.228. The van der Waals surface area contributed by atoms with Gasteiger partial charge in [-0.3, -0.25) is 0 Å². The first-order valence-electron chi connectivity index (χ1n) is 7.09. The maximum absolute atomic E-state index is 3.50. The van der Waals surface area contributed by atoms with Crippen LogP contribution in [-0.4, -0.2) is 37.1 Å². The lowest BCUT2D eigenvalue weighted by Gasteiger charge is -2.25. The number of nitrogens with one attached hydrogen (secondary N) is 1. The molecule has 1 fully saturated rings. The van der Waals surface area contributed by atoms with Crippen LogP contribution in [0, 0.1) is 11.8 Å². The molecule has 0 spiro atoms. The topological polar surface area (TPSA) is 15.3 Å². The van der Waals surface area contributed by atoms with E-state index in [1.807, 2.05) is 0 Å². The number of hydrogen-bond acceptors (Lipinski definition) is 2. The molecule has 1 heterocycles. The van der Waals surface area contributed by atoms with Gasteiger partial charge >= 0.3 is 0 Å². The van der Waals surface area contributed by atoms with Crippen LogP contribution in [0.2, 0.25) is 0 Å². The van der Waals surface area contributed by atoms with Crippen molar-refractivity contribution in [3.63, 3.8) is 0 Å². The zero-order chi connectivity index (χ0) is 12.0. The Morgan fingerprint density at radius 1 is 1.25 bits per heavy atom. The summed E-state index contributed by atoms with van der Waals surface area (Å²) in [4.78, 5) is 2.68. The van der Waals surface area contributed by atoms with E-state index >= 15 is 0 Å². The minimum Gasteiger partial charge on any atom is -0.317 e. The standard InChI is InChI=1S/C14H30N2/c1-5-8-15-9-6-13(4)16-10-7-14(11-16)12(2)3/h12-15H,5-11H2,1-4H3. The van der Waals surface area contributed by atoms with Gasteiger partial charge in [-0.05, 0) is 57.7 Å². The van der Waals surface area contributed by atoms with Crippen LogP contribution in [-0.2, 0) is 0 Å². The van der Waals surface area contributed by atoms with Gasteiger partial charge in [-0.2, -0.15) is 0 Å².